The van der Waals surface area contributed by atoms with Gasteiger partial charge in [-0.2, -0.15) is 0 Å². The van der Waals surface area contributed by atoms with Gasteiger partial charge in [-0.1, -0.05) is 27.7 Å². The molecule has 0 aromatic rings. The molecule has 4 heteroatoms. The molecule has 0 N–H and O–H groups in total. The van der Waals surface area contributed by atoms with Crippen molar-refractivity contribution in [3.8, 4) is 0 Å². The first-order valence-corrected chi connectivity index (χ1v) is 11.5. The summed E-state index contributed by atoms with van der Waals surface area (Å²) in [5.41, 5.74) is 0. The summed E-state index contributed by atoms with van der Waals surface area (Å²) in [6.45, 7) is 16.3. The van der Waals surface area contributed by atoms with Crippen LogP contribution in [0.2, 0.25) is 18.1 Å². The van der Waals surface area contributed by atoms with Crippen molar-refractivity contribution >= 4 is 14.2 Å². The minimum Gasteiger partial charge on any atom is -0.417 e. The van der Waals surface area contributed by atoms with E-state index in [4.69, 9.17) is 4.43 Å². The second kappa shape index (κ2) is 7.77. The Morgan fingerprint density at radius 1 is 1.19 bits per heavy atom. The molecular formula is C17H35NO2Si. The van der Waals surface area contributed by atoms with Crippen LogP contribution in [0.4, 0.5) is 0 Å². The number of hydrogen-bond donors (Lipinski definition) is 0. The van der Waals surface area contributed by atoms with Crippen molar-refractivity contribution in [2.24, 2.45) is 5.92 Å². The van der Waals surface area contributed by atoms with Gasteiger partial charge >= 0.3 is 0 Å². The smallest absolute Gasteiger partial charge is 0.222 e. The molecule has 0 radical (unpaired) electrons. The van der Waals surface area contributed by atoms with E-state index in [-0.39, 0.29) is 5.04 Å². The van der Waals surface area contributed by atoms with Gasteiger partial charge in [0.2, 0.25) is 5.91 Å². The first-order valence-electron chi connectivity index (χ1n) is 8.55. The van der Waals surface area contributed by atoms with Crippen LogP contribution in [0.5, 0.6) is 0 Å². The number of likely N-dealkylation sites (tertiary alicyclic amines) is 1. The zero-order chi connectivity index (χ0) is 16.1. The maximum absolute atomic E-state index is 12.2. The number of amides is 1. The van der Waals surface area contributed by atoms with E-state index in [2.05, 4.69) is 45.7 Å². The summed E-state index contributed by atoms with van der Waals surface area (Å²) in [5.74, 6) is 0.763. The standard InChI is InChI=1S/C17H35NO2Si/c1-15(10-13-20-21(5,6)17(2,3)4)14-16(19)18-11-8-7-9-12-18/h15H,7-14H2,1-6H3/t15-/m1/s1. The number of piperidine rings is 1. The quantitative estimate of drug-likeness (QED) is 0.679. The van der Waals surface area contributed by atoms with Crippen LogP contribution in [-0.2, 0) is 9.22 Å². The van der Waals surface area contributed by atoms with E-state index in [1.807, 2.05) is 0 Å². The minimum atomic E-state index is -1.64. The zero-order valence-electron chi connectivity index (χ0n) is 15.0. The van der Waals surface area contributed by atoms with Crippen LogP contribution in [0.25, 0.3) is 0 Å². The molecule has 21 heavy (non-hydrogen) atoms. The minimum absolute atomic E-state index is 0.264. The van der Waals surface area contributed by atoms with Gasteiger partial charge in [0.05, 0.1) is 0 Å². The molecule has 0 bridgehead atoms. The van der Waals surface area contributed by atoms with E-state index in [1.54, 1.807) is 0 Å². The number of carbonyl (C=O) groups excluding carboxylic acids is 1. The molecule has 0 aromatic heterocycles. The Morgan fingerprint density at radius 2 is 1.76 bits per heavy atom. The van der Waals surface area contributed by atoms with Crippen LogP contribution in [0.1, 0.15) is 59.8 Å². The highest BCUT2D eigenvalue weighted by Crippen LogP contribution is 2.36. The Balaban J connectivity index is 2.27. The Kier molecular flexibility index (Phi) is 6.92. The number of carbonyl (C=O) groups is 1. The van der Waals surface area contributed by atoms with Crippen molar-refractivity contribution in [3.05, 3.63) is 0 Å². The number of hydrogen-bond acceptors (Lipinski definition) is 2. The van der Waals surface area contributed by atoms with Crippen LogP contribution in [-0.4, -0.2) is 38.8 Å². The highest BCUT2D eigenvalue weighted by atomic mass is 28.4. The molecule has 0 aliphatic carbocycles. The predicted octanol–water partition coefficient (Wildman–Crippen LogP) is 4.44. The molecule has 1 fully saturated rings. The molecule has 124 valence electrons. The van der Waals surface area contributed by atoms with Gasteiger partial charge in [0.25, 0.3) is 0 Å². The lowest BCUT2D eigenvalue weighted by atomic mass is 10.0. The molecule has 0 saturated carbocycles. The molecule has 1 saturated heterocycles. The maximum Gasteiger partial charge on any atom is 0.222 e. The van der Waals surface area contributed by atoms with E-state index >= 15 is 0 Å². The summed E-state index contributed by atoms with van der Waals surface area (Å²) in [4.78, 5) is 14.3. The van der Waals surface area contributed by atoms with Gasteiger partial charge in [-0.05, 0) is 49.7 Å². The Labute approximate surface area is 132 Å². The second-order valence-corrected chi connectivity index (χ2v) is 13.0. The topological polar surface area (TPSA) is 29.5 Å². The van der Waals surface area contributed by atoms with Crippen molar-refractivity contribution in [1.82, 2.24) is 4.90 Å². The zero-order valence-corrected chi connectivity index (χ0v) is 16.0. The first kappa shape index (κ1) is 18.7. The molecular weight excluding hydrogens is 278 g/mol. The first-order chi connectivity index (χ1) is 9.63. The molecule has 1 atom stereocenters. The highest BCUT2D eigenvalue weighted by Gasteiger charge is 2.36. The summed E-state index contributed by atoms with van der Waals surface area (Å²) >= 11 is 0. The highest BCUT2D eigenvalue weighted by molar-refractivity contribution is 6.74. The van der Waals surface area contributed by atoms with Crippen LogP contribution in [0.15, 0.2) is 0 Å². The summed E-state index contributed by atoms with van der Waals surface area (Å²) < 4.78 is 6.21. The van der Waals surface area contributed by atoms with Crippen LogP contribution < -0.4 is 0 Å². The monoisotopic (exact) mass is 313 g/mol. The third kappa shape index (κ3) is 6.11. The van der Waals surface area contributed by atoms with Crippen molar-refractivity contribution in [2.75, 3.05) is 19.7 Å². The fourth-order valence-electron chi connectivity index (χ4n) is 2.40. The van der Waals surface area contributed by atoms with Gasteiger partial charge in [-0.15, -0.1) is 0 Å². The molecule has 1 aliphatic rings. The maximum atomic E-state index is 12.2. The molecule has 1 rings (SSSR count). The van der Waals surface area contributed by atoms with Gasteiger partial charge in [0.1, 0.15) is 0 Å². The Hall–Kier alpha value is -0.353. The number of nitrogens with zero attached hydrogens (tertiary/aromatic N) is 1. The van der Waals surface area contributed by atoms with E-state index in [9.17, 15) is 4.79 Å². The lowest BCUT2D eigenvalue weighted by Gasteiger charge is -2.36. The van der Waals surface area contributed by atoms with Crippen molar-refractivity contribution < 1.29 is 9.22 Å². The molecule has 0 unspecified atom stereocenters. The largest absolute Gasteiger partial charge is 0.417 e. The molecule has 1 aliphatic heterocycles. The normalized spacial score (nSPS) is 18.7. The van der Waals surface area contributed by atoms with Gasteiger partial charge in [-0.3, -0.25) is 4.79 Å². The summed E-state index contributed by atoms with van der Waals surface area (Å²) in [5, 5.41) is 0.264. The van der Waals surface area contributed by atoms with Gasteiger partial charge in [-0.25, -0.2) is 0 Å². The van der Waals surface area contributed by atoms with E-state index in [0.717, 1.165) is 26.1 Å². The molecule has 1 heterocycles. The van der Waals surface area contributed by atoms with E-state index < -0.39 is 8.32 Å². The van der Waals surface area contributed by atoms with E-state index in [1.165, 1.54) is 19.3 Å². The lowest BCUT2D eigenvalue weighted by molar-refractivity contribution is -0.133. The molecule has 3 nitrogen and oxygen atoms in total. The van der Waals surface area contributed by atoms with E-state index in [0.29, 0.717) is 18.2 Å². The lowest BCUT2D eigenvalue weighted by Crippen LogP contribution is -2.41. The van der Waals surface area contributed by atoms with Crippen molar-refractivity contribution in [2.45, 2.75) is 77.9 Å². The van der Waals surface area contributed by atoms with Crippen LogP contribution >= 0.6 is 0 Å². The molecule has 0 aromatic carbocycles. The molecule has 0 spiro atoms. The average molecular weight is 314 g/mol. The van der Waals surface area contributed by atoms with Crippen LogP contribution in [0.3, 0.4) is 0 Å². The Bertz CT molecular complexity index is 330. The number of rotatable bonds is 6. The van der Waals surface area contributed by atoms with Crippen molar-refractivity contribution in [3.63, 3.8) is 0 Å². The van der Waals surface area contributed by atoms with Gasteiger partial charge in [0.15, 0.2) is 8.32 Å². The third-order valence-electron chi connectivity index (χ3n) is 5.11. The fourth-order valence-corrected chi connectivity index (χ4v) is 3.47. The summed E-state index contributed by atoms with van der Waals surface area (Å²) in [7, 11) is -1.64. The second-order valence-electron chi connectivity index (χ2n) is 8.15. The average Bonchev–Trinajstić information content (AvgIpc) is 2.38. The van der Waals surface area contributed by atoms with Gasteiger partial charge in [0, 0.05) is 26.1 Å². The summed E-state index contributed by atoms with van der Waals surface area (Å²) in [6, 6.07) is 0. The molecule has 1 amide bonds. The SMILES string of the molecule is C[C@H](CCO[Si](C)(C)C(C)(C)C)CC(=O)N1CCCCC1. The van der Waals surface area contributed by atoms with Gasteiger partial charge < -0.3 is 9.33 Å². The summed E-state index contributed by atoms with van der Waals surface area (Å²) in [6.07, 6.45) is 5.30. The predicted molar refractivity (Wildman–Crippen MR) is 92.0 cm³/mol. The van der Waals surface area contributed by atoms with Crippen molar-refractivity contribution in [1.29, 1.82) is 0 Å². The van der Waals surface area contributed by atoms with Crippen LogP contribution in [0, 0.1) is 5.92 Å². The fraction of sp³-hybridized carbons (Fsp3) is 0.941. The Morgan fingerprint density at radius 3 is 2.29 bits per heavy atom. The third-order valence-corrected chi connectivity index (χ3v) is 9.65.